The summed E-state index contributed by atoms with van der Waals surface area (Å²) in [4.78, 5) is 11.6. The Bertz CT molecular complexity index is 370. The zero-order chi connectivity index (χ0) is 10.1. The average molecular weight is 194 g/mol. The van der Waals surface area contributed by atoms with Gasteiger partial charge >= 0.3 is 0 Å². The molecule has 2 nitrogen and oxygen atoms in total. The molecule has 0 bridgehead atoms. The summed E-state index contributed by atoms with van der Waals surface area (Å²) in [7, 11) is 1.39. The van der Waals surface area contributed by atoms with Crippen LogP contribution in [0.3, 0.4) is 0 Å². The molecule has 0 heterocycles. The number of carbonyl (C=O) groups is 1. The standard InChI is InChI=1S/C11H11FO2/c1-14-9-4-2-3-8(10(9)12)11(13)7-5-6-7/h2-4,7H,5-6H2,1H3. The quantitative estimate of drug-likeness (QED) is 0.691. The first-order valence-electron chi connectivity index (χ1n) is 4.60. The Hall–Kier alpha value is -1.38. The van der Waals surface area contributed by atoms with Crippen molar-refractivity contribution >= 4 is 5.78 Å². The van der Waals surface area contributed by atoms with E-state index in [4.69, 9.17) is 4.74 Å². The summed E-state index contributed by atoms with van der Waals surface area (Å²) in [5.74, 6) is -0.457. The van der Waals surface area contributed by atoms with E-state index in [1.165, 1.54) is 19.2 Å². The topological polar surface area (TPSA) is 26.3 Å². The lowest BCUT2D eigenvalue weighted by Crippen LogP contribution is -2.05. The second-order valence-electron chi connectivity index (χ2n) is 3.46. The molecule has 0 radical (unpaired) electrons. The molecule has 0 N–H and O–H groups in total. The van der Waals surface area contributed by atoms with Gasteiger partial charge in [0.1, 0.15) is 0 Å². The normalized spacial score (nSPS) is 15.3. The van der Waals surface area contributed by atoms with Gasteiger partial charge in [0.05, 0.1) is 12.7 Å². The van der Waals surface area contributed by atoms with Gasteiger partial charge in [-0.25, -0.2) is 4.39 Å². The zero-order valence-electron chi connectivity index (χ0n) is 7.92. The fourth-order valence-corrected chi connectivity index (χ4v) is 1.42. The highest BCUT2D eigenvalue weighted by molar-refractivity contribution is 5.99. The molecular weight excluding hydrogens is 183 g/mol. The van der Waals surface area contributed by atoms with Gasteiger partial charge in [-0.05, 0) is 25.0 Å². The number of ether oxygens (including phenoxy) is 1. The van der Waals surface area contributed by atoms with E-state index in [0.29, 0.717) is 0 Å². The van der Waals surface area contributed by atoms with E-state index >= 15 is 0 Å². The van der Waals surface area contributed by atoms with Crippen molar-refractivity contribution in [2.24, 2.45) is 5.92 Å². The Morgan fingerprint density at radius 2 is 2.21 bits per heavy atom. The van der Waals surface area contributed by atoms with Crippen molar-refractivity contribution in [3.8, 4) is 5.75 Å². The van der Waals surface area contributed by atoms with E-state index in [2.05, 4.69) is 0 Å². The van der Waals surface area contributed by atoms with Crippen LogP contribution in [0, 0.1) is 11.7 Å². The third-order valence-electron chi connectivity index (χ3n) is 2.40. The number of ketones is 1. The Morgan fingerprint density at radius 1 is 1.50 bits per heavy atom. The summed E-state index contributed by atoms with van der Waals surface area (Å²) < 4.78 is 18.4. The van der Waals surface area contributed by atoms with Crippen LogP contribution in [0.4, 0.5) is 4.39 Å². The van der Waals surface area contributed by atoms with Crippen LogP contribution >= 0.6 is 0 Å². The minimum atomic E-state index is -0.535. The maximum absolute atomic E-state index is 13.6. The van der Waals surface area contributed by atoms with Gasteiger partial charge in [0.2, 0.25) is 0 Å². The molecule has 1 aliphatic rings. The molecule has 0 aliphatic heterocycles. The maximum Gasteiger partial charge on any atom is 0.175 e. The van der Waals surface area contributed by atoms with Crippen LogP contribution in [0.5, 0.6) is 5.75 Å². The van der Waals surface area contributed by atoms with E-state index in [-0.39, 0.29) is 23.0 Å². The molecule has 0 unspecified atom stereocenters. The summed E-state index contributed by atoms with van der Waals surface area (Å²) in [6, 6.07) is 4.66. The second-order valence-corrected chi connectivity index (χ2v) is 3.46. The molecule has 2 rings (SSSR count). The second kappa shape index (κ2) is 3.40. The average Bonchev–Trinajstić information content (AvgIpc) is 3.00. The molecule has 1 saturated carbocycles. The van der Waals surface area contributed by atoms with Gasteiger partial charge in [0.15, 0.2) is 17.3 Å². The summed E-state index contributed by atoms with van der Waals surface area (Å²) in [6.07, 6.45) is 1.77. The van der Waals surface area contributed by atoms with Crippen molar-refractivity contribution in [2.75, 3.05) is 7.11 Å². The number of benzene rings is 1. The molecule has 1 aliphatic carbocycles. The van der Waals surface area contributed by atoms with Crippen LogP contribution in [0.1, 0.15) is 23.2 Å². The van der Waals surface area contributed by atoms with Gasteiger partial charge in [-0.3, -0.25) is 4.79 Å². The third-order valence-corrected chi connectivity index (χ3v) is 2.40. The molecule has 0 aromatic heterocycles. The summed E-state index contributed by atoms with van der Waals surface area (Å²) in [5, 5.41) is 0. The smallest absolute Gasteiger partial charge is 0.175 e. The lowest BCUT2D eigenvalue weighted by molar-refractivity contribution is 0.0963. The van der Waals surface area contributed by atoms with Crippen LogP contribution in [-0.2, 0) is 0 Å². The van der Waals surface area contributed by atoms with E-state index in [1.807, 2.05) is 0 Å². The highest BCUT2D eigenvalue weighted by Crippen LogP contribution is 2.34. The van der Waals surface area contributed by atoms with Crippen molar-refractivity contribution in [3.63, 3.8) is 0 Å². The minimum absolute atomic E-state index is 0.0385. The Balaban J connectivity index is 2.36. The third kappa shape index (κ3) is 1.50. The Morgan fingerprint density at radius 3 is 2.79 bits per heavy atom. The summed E-state index contributed by atoms with van der Waals surface area (Å²) in [5.41, 5.74) is 0.159. The molecule has 0 atom stereocenters. The Labute approximate surface area is 81.7 Å². The maximum atomic E-state index is 13.6. The fourth-order valence-electron chi connectivity index (χ4n) is 1.42. The van der Waals surface area contributed by atoms with Gasteiger partial charge < -0.3 is 4.74 Å². The molecule has 0 amide bonds. The predicted octanol–water partition coefficient (Wildman–Crippen LogP) is 2.43. The molecule has 1 aromatic carbocycles. The number of hydrogen-bond donors (Lipinski definition) is 0. The largest absolute Gasteiger partial charge is 0.494 e. The van der Waals surface area contributed by atoms with Gasteiger partial charge in [-0.2, -0.15) is 0 Å². The molecule has 3 heteroatoms. The number of hydrogen-bond acceptors (Lipinski definition) is 2. The fraction of sp³-hybridized carbons (Fsp3) is 0.364. The number of halogens is 1. The Kier molecular flexibility index (Phi) is 2.23. The number of Topliss-reactive ketones (excluding diaryl/α,β-unsaturated/α-hetero) is 1. The highest BCUT2D eigenvalue weighted by atomic mass is 19.1. The summed E-state index contributed by atoms with van der Waals surface area (Å²) >= 11 is 0. The van der Waals surface area contributed by atoms with E-state index in [0.717, 1.165) is 12.8 Å². The van der Waals surface area contributed by atoms with Crippen molar-refractivity contribution in [3.05, 3.63) is 29.6 Å². The van der Waals surface area contributed by atoms with Gasteiger partial charge in [0.25, 0.3) is 0 Å². The van der Waals surface area contributed by atoms with Crippen LogP contribution in [0.15, 0.2) is 18.2 Å². The minimum Gasteiger partial charge on any atom is -0.494 e. The van der Waals surface area contributed by atoms with Crippen molar-refractivity contribution in [1.29, 1.82) is 0 Å². The first kappa shape index (κ1) is 9.19. The van der Waals surface area contributed by atoms with Gasteiger partial charge in [-0.1, -0.05) is 6.07 Å². The zero-order valence-corrected chi connectivity index (χ0v) is 7.92. The van der Waals surface area contributed by atoms with E-state index < -0.39 is 5.82 Å². The van der Waals surface area contributed by atoms with Crippen LogP contribution in [-0.4, -0.2) is 12.9 Å². The first-order valence-corrected chi connectivity index (χ1v) is 4.60. The van der Waals surface area contributed by atoms with Crippen molar-refractivity contribution in [2.45, 2.75) is 12.8 Å². The van der Waals surface area contributed by atoms with E-state index in [9.17, 15) is 9.18 Å². The monoisotopic (exact) mass is 194 g/mol. The van der Waals surface area contributed by atoms with E-state index in [1.54, 1.807) is 6.07 Å². The summed E-state index contributed by atoms with van der Waals surface area (Å²) in [6.45, 7) is 0. The van der Waals surface area contributed by atoms with Gasteiger partial charge in [0, 0.05) is 5.92 Å². The molecular formula is C11H11FO2. The highest BCUT2D eigenvalue weighted by Gasteiger charge is 2.32. The lowest BCUT2D eigenvalue weighted by atomic mass is 10.1. The van der Waals surface area contributed by atoms with Crippen molar-refractivity contribution in [1.82, 2.24) is 0 Å². The van der Waals surface area contributed by atoms with Crippen LogP contribution in [0.2, 0.25) is 0 Å². The molecule has 14 heavy (non-hydrogen) atoms. The SMILES string of the molecule is COc1cccc(C(=O)C2CC2)c1F. The van der Waals surface area contributed by atoms with Crippen LogP contribution < -0.4 is 4.74 Å². The number of carbonyl (C=O) groups excluding carboxylic acids is 1. The number of rotatable bonds is 3. The van der Waals surface area contributed by atoms with Crippen molar-refractivity contribution < 1.29 is 13.9 Å². The molecule has 0 saturated heterocycles. The first-order chi connectivity index (χ1) is 6.74. The molecule has 1 fully saturated rings. The lowest BCUT2D eigenvalue weighted by Gasteiger charge is -2.05. The number of methoxy groups -OCH3 is 1. The molecule has 1 aromatic rings. The molecule has 0 spiro atoms. The van der Waals surface area contributed by atoms with Crippen LogP contribution in [0.25, 0.3) is 0 Å². The van der Waals surface area contributed by atoms with Gasteiger partial charge in [-0.15, -0.1) is 0 Å². The predicted molar refractivity (Wildman–Crippen MR) is 50.0 cm³/mol. The molecule has 74 valence electrons.